The van der Waals surface area contributed by atoms with Crippen LogP contribution in [0, 0.1) is 0 Å². The Hall–Kier alpha value is -2.88. The second kappa shape index (κ2) is 7.12. The Morgan fingerprint density at radius 3 is 2.93 bits per heavy atom. The third-order valence-electron chi connectivity index (χ3n) is 6.54. The van der Waals surface area contributed by atoms with Gasteiger partial charge in [-0.3, -0.25) is 14.6 Å². The molecule has 160 valence electrons. The molecule has 1 saturated heterocycles. The number of methoxy groups -OCH3 is 1. The summed E-state index contributed by atoms with van der Waals surface area (Å²) in [6, 6.07) is 3.95. The number of carbonyl (C=O) groups excluding carboxylic acids is 2. The summed E-state index contributed by atoms with van der Waals surface area (Å²) in [7, 11) is 3.32. The molecule has 10 nitrogen and oxygen atoms in total. The predicted octanol–water partition coefficient (Wildman–Crippen LogP) is 1.74. The van der Waals surface area contributed by atoms with Gasteiger partial charge in [0, 0.05) is 44.4 Å². The first-order valence-corrected chi connectivity index (χ1v) is 10.4. The van der Waals surface area contributed by atoms with E-state index < -0.39 is 0 Å². The summed E-state index contributed by atoms with van der Waals surface area (Å²) < 4.78 is 6.60. The van der Waals surface area contributed by atoms with Gasteiger partial charge in [0.1, 0.15) is 5.69 Å². The van der Waals surface area contributed by atoms with Crippen LogP contribution in [0.15, 0.2) is 12.1 Å². The molecule has 30 heavy (non-hydrogen) atoms. The van der Waals surface area contributed by atoms with Gasteiger partial charge >= 0.3 is 6.03 Å². The van der Waals surface area contributed by atoms with Crippen molar-refractivity contribution >= 4 is 17.8 Å². The van der Waals surface area contributed by atoms with E-state index in [9.17, 15) is 9.59 Å². The first kappa shape index (κ1) is 19.1. The third-order valence-corrected chi connectivity index (χ3v) is 6.54. The van der Waals surface area contributed by atoms with Crippen LogP contribution in [0.1, 0.15) is 59.9 Å². The SMILES string of the molecule is COCc1cc(C(=O)Nc2cc([C@H]3CC[C@@H](N4CC5(CC5)NC4=O)C3)[nH]n2)n(C)n1. The molecule has 2 atom stereocenters. The molecule has 3 heterocycles. The van der Waals surface area contributed by atoms with Crippen molar-refractivity contribution in [2.45, 2.75) is 56.2 Å². The van der Waals surface area contributed by atoms with E-state index in [1.54, 1.807) is 20.2 Å². The zero-order valence-electron chi connectivity index (χ0n) is 17.3. The first-order valence-electron chi connectivity index (χ1n) is 10.4. The van der Waals surface area contributed by atoms with Crippen LogP contribution in [0.25, 0.3) is 0 Å². The van der Waals surface area contributed by atoms with Crippen molar-refractivity contribution in [2.24, 2.45) is 7.05 Å². The van der Waals surface area contributed by atoms with Crippen LogP contribution in [-0.4, -0.2) is 62.1 Å². The van der Waals surface area contributed by atoms with Gasteiger partial charge in [-0.2, -0.15) is 10.2 Å². The highest BCUT2D eigenvalue weighted by atomic mass is 16.5. The van der Waals surface area contributed by atoms with E-state index in [1.807, 2.05) is 11.0 Å². The van der Waals surface area contributed by atoms with E-state index in [2.05, 4.69) is 25.9 Å². The van der Waals surface area contributed by atoms with Crippen molar-refractivity contribution in [3.63, 3.8) is 0 Å². The number of amides is 3. The smallest absolute Gasteiger partial charge is 0.318 e. The minimum Gasteiger partial charge on any atom is -0.378 e. The molecule has 10 heteroatoms. The molecule has 1 aliphatic heterocycles. The number of nitrogens with zero attached hydrogens (tertiary/aromatic N) is 4. The fraction of sp³-hybridized carbons (Fsp3) is 0.600. The zero-order chi connectivity index (χ0) is 20.9. The molecule has 0 radical (unpaired) electrons. The molecule has 3 fully saturated rings. The number of H-pyrrole nitrogens is 1. The van der Waals surface area contributed by atoms with Crippen LogP contribution < -0.4 is 10.6 Å². The molecule has 5 rings (SSSR count). The van der Waals surface area contributed by atoms with E-state index in [0.717, 1.165) is 44.3 Å². The van der Waals surface area contributed by atoms with Crippen LogP contribution >= 0.6 is 0 Å². The molecular formula is C20H27N7O3. The fourth-order valence-electron chi connectivity index (χ4n) is 4.74. The van der Waals surface area contributed by atoms with Gasteiger partial charge in [0.15, 0.2) is 5.82 Å². The summed E-state index contributed by atoms with van der Waals surface area (Å²) in [5, 5.41) is 17.6. The van der Waals surface area contributed by atoms with Crippen molar-refractivity contribution < 1.29 is 14.3 Å². The molecule has 3 N–H and O–H groups in total. The van der Waals surface area contributed by atoms with Gasteiger partial charge in [-0.25, -0.2) is 4.79 Å². The van der Waals surface area contributed by atoms with Gasteiger partial charge in [0.25, 0.3) is 5.91 Å². The maximum absolute atomic E-state index is 12.6. The number of carbonyl (C=O) groups is 2. The van der Waals surface area contributed by atoms with Crippen LogP contribution in [0.2, 0.25) is 0 Å². The predicted molar refractivity (Wildman–Crippen MR) is 108 cm³/mol. The number of anilines is 1. The Labute approximate surface area is 174 Å². The standard InChI is InChI=1S/C20H27N7O3/c1-26-16(8-13(25-26)10-30-2)18(28)21-17-9-15(23-24-17)12-3-4-14(7-12)27-11-20(5-6-20)22-19(27)29/h8-9,12,14H,3-7,10-11H2,1-2H3,(H,22,29)(H2,21,23,24,28)/t12-,14+/m0/s1. The van der Waals surface area contributed by atoms with Gasteiger partial charge in [-0.15, -0.1) is 0 Å². The van der Waals surface area contributed by atoms with Crippen molar-refractivity contribution in [2.75, 3.05) is 19.0 Å². The quantitative estimate of drug-likeness (QED) is 0.667. The van der Waals surface area contributed by atoms with Crippen molar-refractivity contribution in [3.8, 4) is 0 Å². The Morgan fingerprint density at radius 1 is 1.37 bits per heavy atom. The van der Waals surface area contributed by atoms with Gasteiger partial charge in [-0.05, 0) is 38.2 Å². The Kier molecular flexibility index (Phi) is 4.53. The van der Waals surface area contributed by atoms with E-state index in [-0.39, 0.29) is 23.5 Å². The number of aromatic nitrogens is 4. The molecule has 0 unspecified atom stereocenters. The summed E-state index contributed by atoms with van der Waals surface area (Å²) >= 11 is 0. The number of hydrogen-bond acceptors (Lipinski definition) is 5. The monoisotopic (exact) mass is 413 g/mol. The van der Waals surface area contributed by atoms with E-state index in [1.165, 1.54) is 4.68 Å². The minimum absolute atomic E-state index is 0.0650. The number of nitrogens with one attached hydrogen (secondary N) is 3. The van der Waals surface area contributed by atoms with Gasteiger partial charge < -0.3 is 20.3 Å². The minimum atomic E-state index is -0.266. The second-order valence-electron chi connectivity index (χ2n) is 8.74. The topological polar surface area (TPSA) is 117 Å². The van der Waals surface area contributed by atoms with Crippen molar-refractivity contribution in [1.29, 1.82) is 0 Å². The Balaban J connectivity index is 1.21. The molecule has 2 aromatic rings. The number of hydrogen-bond donors (Lipinski definition) is 3. The van der Waals surface area contributed by atoms with E-state index >= 15 is 0 Å². The van der Waals surface area contributed by atoms with Gasteiger partial charge in [-0.1, -0.05) is 0 Å². The molecule has 0 aromatic carbocycles. The molecule has 1 spiro atoms. The first-order chi connectivity index (χ1) is 14.5. The molecule has 0 bridgehead atoms. The third kappa shape index (κ3) is 3.45. The maximum Gasteiger partial charge on any atom is 0.318 e. The number of urea groups is 1. The van der Waals surface area contributed by atoms with Gasteiger partial charge in [0.05, 0.1) is 17.8 Å². The highest BCUT2D eigenvalue weighted by Crippen LogP contribution is 2.44. The van der Waals surface area contributed by atoms with E-state index in [4.69, 9.17) is 4.74 Å². The number of rotatable bonds is 6. The fourth-order valence-corrected chi connectivity index (χ4v) is 4.74. The molecule has 2 aliphatic carbocycles. The Bertz CT molecular complexity index is 977. The number of aromatic amines is 1. The zero-order valence-corrected chi connectivity index (χ0v) is 17.3. The average molecular weight is 413 g/mol. The molecule has 2 aromatic heterocycles. The van der Waals surface area contributed by atoms with Crippen LogP contribution in [0.4, 0.5) is 10.6 Å². The molecule has 3 amide bonds. The normalized spacial score (nSPS) is 24.5. The van der Waals surface area contributed by atoms with Crippen LogP contribution in [-0.2, 0) is 18.4 Å². The summed E-state index contributed by atoms with van der Waals surface area (Å²) in [6.07, 6.45) is 5.10. The largest absolute Gasteiger partial charge is 0.378 e. The summed E-state index contributed by atoms with van der Waals surface area (Å²) in [6.45, 7) is 1.19. The van der Waals surface area contributed by atoms with Crippen molar-refractivity contribution in [1.82, 2.24) is 30.2 Å². The Morgan fingerprint density at radius 2 is 2.20 bits per heavy atom. The lowest BCUT2D eigenvalue weighted by Gasteiger charge is -2.22. The van der Waals surface area contributed by atoms with Crippen molar-refractivity contribution in [3.05, 3.63) is 29.2 Å². The summed E-state index contributed by atoms with van der Waals surface area (Å²) in [5.41, 5.74) is 2.21. The molecular weight excluding hydrogens is 386 g/mol. The van der Waals surface area contributed by atoms with Crippen LogP contribution in [0.5, 0.6) is 0 Å². The molecule has 3 aliphatic rings. The maximum atomic E-state index is 12.6. The lowest BCUT2D eigenvalue weighted by molar-refractivity contribution is 0.101. The molecule has 2 saturated carbocycles. The highest BCUT2D eigenvalue weighted by Gasteiger charge is 2.53. The summed E-state index contributed by atoms with van der Waals surface area (Å²) in [4.78, 5) is 26.9. The van der Waals surface area contributed by atoms with Gasteiger partial charge in [0.2, 0.25) is 0 Å². The number of aryl methyl sites for hydroxylation is 1. The lowest BCUT2D eigenvalue weighted by atomic mass is 10.0. The van der Waals surface area contributed by atoms with E-state index in [0.29, 0.717) is 29.7 Å². The highest BCUT2D eigenvalue weighted by molar-refractivity contribution is 6.02. The lowest BCUT2D eigenvalue weighted by Crippen LogP contribution is -2.36. The van der Waals surface area contributed by atoms with Crippen LogP contribution in [0.3, 0.4) is 0 Å². The summed E-state index contributed by atoms with van der Waals surface area (Å²) in [5.74, 6) is 0.531. The average Bonchev–Trinajstić information content (AvgIpc) is 3.14. The second-order valence-corrected chi connectivity index (χ2v) is 8.74. The number of ether oxygens (including phenoxy) is 1.